The first kappa shape index (κ1) is 9.47. The fourth-order valence-corrected chi connectivity index (χ4v) is 2.02. The van der Waals surface area contributed by atoms with Crippen LogP contribution in [0.15, 0.2) is 0 Å². The highest BCUT2D eigenvalue weighted by Crippen LogP contribution is 2.09. The molecule has 0 aromatic carbocycles. The Morgan fingerprint density at radius 3 is 3.00 bits per heavy atom. The summed E-state index contributed by atoms with van der Waals surface area (Å²) in [7, 11) is 0. The lowest BCUT2D eigenvalue weighted by atomic mass is 10.4. The smallest absolute Gasteiger partial charge is 0.298 e. The Morgan fingerprint density at radius 2 is 2.25 bits per heavy atom. The molecule has 0 aliphatic carbocycles. The molecule has 0 N–H and O–H groups in total. The number of carbonyl (C=O) groups excluding carboxylic acids is 1. The minimum atomic E-state index is -0.0139. The van der Waals surface area contributed by atoms with E-state index in [0.29, 0.717) is 0 Å². The van der Waals surface area contributed by atoms with E-state index in [0.717, 1.165) is 25.3 Å². The molecule has 1 saturated heterocycles. The summed E-state index contributed by atoms with van der Waals surface area (Å²) >= 11 is 1.91. The Morgan fingerprint density at radius 1 is 1.42 bits per heavy atom. The highest BCUT2D eigenvalue weighted by atomic mass is 32.2. The first-order chi connectivity index (χ1) is 5.84. The second-order valence-electron chi connectivity index (χ2n) is 2.63. The van der Waals surface area contributed by atoms with Crippen LogP contribution >= 0.6 is 11.8 Å². The average Bonchev–Trinajstić information content (AvgIpc) is 2.32. The molecule has 1 aliphatic heterocycles. The van der Waals surface area contributed by atoms with Gasteiger partial charge in [-0.3, -0.25) is 4.79 Å². The van der Waals surface area contributed by atoms with Gasteiger partial charge >= 0.3 is 0 Å². The van der Waals surface area contributed by atoms with Crippen LogP contribution in [0.5, 0.6) is 0 Å². The Hall–Kier alpha value is -0.620. The van der Waals surface area contributed by atoms with Gasteiger partial charge < -0.3 is 4.90 Å². The maximum absolute atomic E-state index is 11.3. The lowest BCUT2D eigenvalue weighted by Crippen LogP contribution is -2.31. The number of amides is 1. The van der Waals surface area contributed by atoms with Crippen molar-refractivity contribution in [3.05, 3.63) is 0 Å². The molecular formula is C9H13NOS. The highest BCUT2D eigenvalue weighted by molar-refractivity contribution is 7.99. The summed E-state index contributed by atoms with van der Waals surface area (Å²) in [6.45, 7) is 3.43. The molecule has 0 saturated carbocycles. The van der Waals surface area contributed by atoms with E-state index in [9.17, 15) is 4.79 Å². The molecular weight excluding hydrogens is 170 g/mol. The van der Waals surface area contributed by atoms with E-state index in [4.69, 9.17) is 0 Å². The van der Waals surface area contributed by atoms with Crippen LogP contribution in [0, 0.1) is 11.8 Å². The van der Waals surface area contributed by atoms with Gasteiger partial charge in [0, 0.05) is 18.8 Å². The topological polar surface area (TPSA) is 20.3 Å². The Balaban J connectivity index is 2.46. The van der Waals surface area contributed by atoms with Gasteiger partial charge in [-0.2, -0.15) is 11.8 Å². The molecule has 1 heterocycles. The third-order valence-corrected chi connectivity index (χ3v) is 2.79. The van der Waals surface area contributed by atoms with Crippen molar-refractivity contribution >= 4 is 17.7 Å². The molecule has 0 unspecified atom stereocenters. The van der Waals surface area contributed by atoms with Gasteiger partial charge in [-0.25, -0.2) is 0 Å². The van der Waals surface area contributed by atoms with E-state index in [1.807, 2.05) is 16.7 Å². The number of thioether (sulfide) groups is 1. The van der Waals surface area contributed by atoms with E-state index in [1.165, 1.54) is 5.75 Å². The first-order valence-corrected chi connectivity index (χ1v) is 5.29. The third-order valence-electron chi connectivity index (χ3n) is 1.74. The van der Waals surface area contributed by atoms with Crippen LogP contribution in [-0.2, 0) is 4.79 Å². The molecule has 0 atom stereocenters. The van der Waals surface area contributed by atoms with E-state index >= 15 is 0 Å². The average molecular weight is 183 g/mol. The van der Waals surface area contributed by atoms with Crippen molar-refractivity contribution in [2.45, 2.75) is 13.3 Å². The van der Waals surface area contributed by atoms with Gasteiger partial charge in [-0.1, -0.05) is 5.92 Å². The molecule has 12 heavy (non-hydrogen) atoms. The predicted molar refractivity (Wildman–Crippen MR) is 52.0 cm³/mol. The van der Waals surface area contributed by atoms with Gasteiger partial charge in [0.15, 0.2) is 0 Å². The fourth-order valence-electron chi connectivity index (χ4n) is 1.14. The number of rotatable bonds is 0. The molecule has 0 aromatic heterocycles. The molecule has 0 spiro atoms. The van der Waals surface area contributed by atoms with Crippen molar-refractivity contribution < 1.29 is 4.79 Å². The minimum absolute atomic E-state index is 0.0139. The maximum atomic E-state index is 11.3. The zero-order chi connectivity index (χ0) is 8.81. The second kappa shape index (κ2) is 5.10. The van der Waals surface area contributed by atoms with E-state index in [2.05, 4.69) is 11.8 Å². The van der Waals surface area contributed by atoms with Crippen molar-refractivity contribution in [1.82, 2.24) is 4.90 Å². The standard InChI is InChI=1S/C9H13NOS/c1-2-4-9(11)10-5-3-7-12-8-6-10/h3,5-8H2,1H3. The number of hydrogen-bond donors (Lipinski definition) is 0. The zero-order valence-corrected chi connectivity index (χ0v) is 8.12. The number of nitrogens with zero attached hydrogens (tertiary/aromatic N) is 1. The molecule has 2 nitrogen and oxygen atoms in total. The fraction of sp³-hybridized carbons (Fsp3) is 0.667. The van der Waals surface area contributed by atoms with Crippen LogP contribution in [0.2, 0.25) is 0 Å². The first-order valence-electron chi connectivity index (χ1n) is 4.14. The zero-order valence-electron chi connectivity index (χ0n) is 7.30. The van der Waals surface area contributed by atoms with Crippen molar-refractivity contribution in [2.75, 3.05) is 24.6 Å². The Labute approximate surface area is 77.7 Å². The maximum Gasteiger partial charge on any atom is 0.298 e. The lowest BCUT2D eigenvalue weighted by molar-refractivity contribution is -0.124. The van der Waals surface area contributed by atoms with Crippen LogP contribution in [0.4, 0.5) is 0 Å². The molecule has 66 valence electrons. The van der Waals surface area contributed by atoms with Crippen molar-refractivity contribution in [3.63, 3.8) is 0 Å². The summed E-state index contributed by atoms with van der Waals surface area (Å²) in [5.74, 6) is 7.42. The quantitative estimate of drug-likeness (QED) is 0.522. The Bertz CT molecular complexity index is 208. The normalized spacial score (nSPS) is 17.6. The molecule has 0 bridgehead atoms. The van der Waals surface area contributed by atoms with Crippen LogP contribution < -0.4 is 0 Å². The summed E-state index contributed by atoms with van der Waals surface area (Å²) in [5, 5.41) is 0. The van der Waals surface area contributed by atoms with Gasteiger partial charge in [0.1, 0.15) is 0 Å². The molecule has 1 amide bonds. The molecule has 1 rings (SSSR count). The van der Waals surface area contributed by atoms with Gasteiger partial charge in [0.25, 0.3) is 5.91 Å². The largest absolute Gasteiger partial charge is 0.331 e. The van der Waals surface area contributed by atoms with E-state index < -0.39 is 0 Å². The molecule has 3 heteroatoms. The number of carbonyl (C=O) groups is 1. The van der Waals surface area contributed by atoms with Gasteiger partial charge in [0.05, 0.1) is 0 Å². The number of hydrogen-bond acceptors (Lipinski definition) is 2. The molecule has 0 aromatic rings. The summed E-state index contributed by atoms with van der Waals surface area (Å²) < 4.78 is 0. The van der Waals surface area contributed by atoms with Gasteiger partial charge in [-0.15, -0.1) is 0 Å². The summed E-state index contributed by atoms with van der Waals surface area (Å²) in [6.07, 6.45) is 1.10. The predicted octanol–water partition coefficient (Wildman–Crippen LogP) is 0.975. The van der Waals surface area contributed by atoms with Gasteiger partial charge in [0.2, 0.25) is 0 Å². The summed E-state index contributed by atoms with van der Waals surface area (Å²) in [5.41, 5.74) is 0. The lowest BCUT2D eigenvalue weighted by Gasteiger charge is -2.15. The highest BCUT2D eigenvalue weighted by Gasteiger charge is 2.12. The monoisotopic (exact) mass is 183 g/mol. The van der Waals surface area contributed by atoms with Crippen LogP contribution in [0.1, 0.15) is 13.3 Å². The Kier molecular flexibility index (Phi) is 4.02. The van der Waals surface area contributed by atoms with Crippen LogP contribution in [0.25, 0.3) is 0 Å². The molecule has 1 aliphatic rings. The van der Waals surface area contributed by atoms with Crippen LogP contribution in [-0.4, -0.2) is 35.4 Å². The summed E-state index contributed by atoms with van der Waals surface area (Å²) in [4.78, 5) is 13.1. The third kappa shape index (κ3) is 2.78. The SMILES string of the molecule is CC#CC(=O)N1CCCSCC1. The van der Waals surface area contributed by atoms with Crippen molar-refractivity contribution in [3.8, 4) is 11.8 Å². The van der Waals surface area contributed by atoms with Crippen molar-refractivity contribution in [1.29, 1.82) is 0 Å². The van der Waals surface area contributed by atoms with Crippen molar-refractivity contribution in [2.24, 2.45) is 0 Å². The molecule has 1 fully saturated rings. The second-order valence-corrected chi connectivity index (χ2v) is 3.86. The molecule has 0 radical (unpaired) electrons. The van der Waals surface area contributed by atoms with Gasteiger partial charge in [-0.05, 0) is 25.0 Å². The van der Waals surface area contributed by atoms with E-state index in [-0.39, 0.29) is 5.91 Å². The minimum Gasteiger partial charge on any atom is -0.331 e. The van der Waals surface area contributed by atoms with E-state index in [1.54, 1.807) is 6.92 Å². The summed E-state index contributed by atoms with van der Waals surface area (Å²) in [6, 6.07) is 0. The van der Waals surface area contributed by atoms with Crippen LogP contribution in [0.3, 0.4) is 0 Å².